The Morgan fingerprint density at radius 3 is 2.84 bits per heavy atom. The van der Waals surface area contributed by atoms with Crippen molar-refractivity contribution in [2.24, 2.45) is 0 Å². The molecule has 8 heteroatoms. The normalized spacial score (nSPS) is 22.0. The van der Waals surface area contributed by atoms with E-state index in [0.29, 0.717) is 24.8 Å². The summed E-state index contributed by atoms with van der Waals surface area (Å²) in [5.74, 6) is 1.07. The largest absolute Gasteiger partial charge is 0.348 e. The number of carbonyl (C=O) groups excluding carboxylic acids is 1. The van der Waals surface area contributed by atoms with Gasteiger partial charge in [0.2, 0.25) is 5.91 Å². The van der Waals surface area contributed by atoms with E-state index in [-0.39, 0.29) is 24.7 Å². The zero-order valence-corrected chi connectivity index (χ0v) is 14.6. The van der Waals surface area contributed by atoms with E-state index in [1.807, 2.05) is 24.8 Å². The van der Waals surface area contributed by atoms with Crippen LogP contribution in [0.15, 0.2) is 6.07 Å². The molecule has 4 heterocycles. The molecule has 0 radical (unpaired) electrons. The highest BCUT2D eigenvalue weighted by atomic mass is 16.7. The quantitative estimate of drug-likeness (QED) is 0.827. The molecule has 4 rings (SSSR count). The van der Waals surface area contributed by atoms with E-state index in [4.69, 9.17) is 9.47 Å². The molecule has 0 aliphatic carbocycles. The summed E-state index contributed by atoms with van der Waals surface area (Å²) in [4.78, 5) is 23.6. The summed E-state index contributed by atoms with van der Waals surface area (Å²) >= 11 is 0. The first-order chi connectivity index (χ1) is 12.1. The summed E-state index contributed by atoms with van der Waals surface area (Å²) in [6, 6.07) is 1.94. The number of likely N-dealkylation sites (tertiary alicyclic amines) is 1. The van der Waals surface area contributed by atoms with Crippen LogP contribution in [0.25, 0.3) is 5.78 Å². The molecule has 1 unspecified atom stereocenters. The summed E-state index contributed by atoms with van der Waals surface area (Å²) in [7, 11) is 0. The number of aryl methyl sites for hydroxylation is 2. The first kappa shape index (κ1) is 16.4. The van der Waals surface area contributed by atoms with Crippen LogP contribution in [-0.4, -0.2) is 62.5 Å². The Balaban J connectivity index is 1.53. The van der Waals surface area contributed by atoms with E-state index in [1.165, 1.54) is 0 Å². The van der Waals surface area contributed by atoms with Gasteiger partial charge in [0.05, 0.1) is 25.7 Å². The van der Waals surface area contributed by atoms with Gasteiger partial charge in [-0.15, -0.1) is 5.10 Å². The van der Waals surface area contributed by atoms with Crippen molar-refractivity contribution in [3.8, 4) is 0 Å². The van der Waals surface area contributed by atoms with Crippen molar-refractivity contribution in [2.75, 3.05) is 19.8 Å². The van der Waals surface area contributed by atoms with Crippen LogP contribution >= 0.6 is 0 Å². The molecule has 0 spiro atoms. The third-order valence-electron chi connectivity index (χ3n) is 4.80. The standard InChI is InChI=1S/C17H23N5O3/c1-11-9-12(2)22-17(18-11)19-14(20-22)10-15(23)21-6-4-3-5-13(21)16-24-7-8-25-16/h9,13,16H,3-8,10H2,1-2H3. The van der Waals surface area contributed by atoms with E-state index in [2.05, 4.69) is 15.1 Å². The second-order valence-electron chi connectivity index (χ2n) is 6.72. The summed E-state index contributed by atoms with van der Waals surface area (Å²) < 4.78 is 13.0. The molecular formula is C17H23N5O3. The molecule has 0 saturated carbocycles. The minimum Gasteiger partial charge on any atom is -0.348 e. The highest BCUT2D eigenvalue weighted by Gasteiger charge is 2.36. The zero-order valence-electron chi connectivity index (χ0n) is 14.6. The summed E-state index contributed by atoms with van der Waals surface area (Å²) in [5.41, 5.74) is 1.85. The molecule has 2 aliphatic heterocycles. The van der Waals surface area contributed by atoms with Gasteiger partial charge in [0.1, 0.15) is 0 Å². The minimum absolute atomic E-state index is 0.0112. The maximum absolute atomic E-state index is 12.9. The lowest BCUT2D eigenvalue weighted by Crippen LogP contribution is -2.50. The summed E-state index contributed by atoms with van der Waals surface area (Å²) in [6.45, 7) is 5.81. The summed E-state index contributed by atoms with van der Waals surface area (Å²) in [5, 5.41) is 4.44. The number of carbonyl (C=O) groups is 1. The lowest BCUT2D eigenvalue weighted by Gasteiger charge is -2.37. The first-order valence-electron chi connectivity index (χ1n) is 8.84. The maximum Gasteiger partial charge on any atom is 0.252 e. The Hall–Kier alpha value is -2.06. The molecule has 0 bridgehead atoms. The van der Waals surface area contributed by atoms with Crippen LogP contribution < -0.4 is 0 Å². The van der Waals surface area contributed by atoms with Gasteiger partial charge in [-0.25, -0.2) is 9.50 Å². The predicted octanol–water partition coefficient (Wildman–Crippen LogP) is 1.04. The molecule has 2 aromatic rings. The van der Waals surface area contributed by atoms with Crippen LogP contribution in [0.3, 0.4) is 0 Å². The Bertz CT molecular complexity index is 784. The van der Waals surface area contributed by atoms with Crippen molar-refractivity contribution < 1.29 is 14.3 Å². The van der Waals surface area contributed by atoms with Crippen molar-refractivity contribution >= 4 is 11.7 Å². The van der Waals surface area contributed by atoms with Gasteiger partial charge in [-0.3, -0.25) is 4.79 Å². The van der Waals surface area contributed by atoms with Crippen molar-refractivity contribution in [3.63, 3.8) is 0 Å². The molecule has 1 atom stereocenters. The number of ether oxygens (including phenoxy) is 2. The van der Waals surface area contributed by atoms with Gasteiger partial charge in [0.25, 0.3) is 5.78 Å². The topological polar surface area (TPSA) is 81.9 Å². The number of amides is 1. The molecule has 134 valence electrons. The third kappa shape index (κ3) is 3.23. The van der Waals surface area contributed by atoms with Crippen LogP contribution in [-0.2, 0) is 20.7 Å². The van der Waals surface area contributed by atoms with Gasteiger partial charge in [0.15, 0.2) is 12.1 Å². The average Bonchev–Trinajstić information content (AvgIpc) is 3.24. The van der Waals surface area contributed by atoms with Gasteiger partial charge >= 0.3 is 0 Å². The van der Waals surface area contributed by atoms with E-state index in [0.717, 1.165) is 37.2 Å². The smallest absolute Gasteiger partial charge is 0.252 e. The number of hydrogen-bond acceptors (Lipinski definition) is 6. The number of piperidine rings is 1. The number of rotatable bonds is 3. The van der Waals surface area contributed by atoms with Crippen molar-refractivity contribution in [3.05, 3.63) is 23.3 Å². The molecule has 0 aromatic carbocycles. The highest BCUT2D eigenvalue weighted by molar-refractivity contribution is 5.78. The monoisotopic (exact) mass is 345 g/mol. The van der Waals surface area contributed by atoms with Gasteiger partial charge in [-0.05, 0) is 39.2 Å². The molecule has 1 amide bonds. The first-order valence-corrected chi connectivity index (χ1v) is 8.84. The minimum atomic E-state index is -0.301. The van der Waals surface area contributed by atoms with Crippen LogP contribution in [0.1, 0.15) is 36.5 Å². The van der Waals surface area contributed by atoms with Crippen molar-refractivity contribution in [2.45, 2.75) is 51.9 Å². The third-order valence-corrected chi connectivity index (χ3v) is 4.80. The highest BCUT2D eigenvalue weighted by Crippen LogP contribution is 2.25. The van der Waals surface area contributed by atoms with Gasteiger partial charge in [-0.2, -0.15) is 4.98 Å². The van der Waals surface area contributed by atoms with Gasteiger partial charge in [-0.1, -0.05) is 0 Å². The fourth-order valence-electron chi connectivity index (χ4n) is 3.67. The van der Waals surface area contributed by atoms with E-state index < -0.39 is 0 Å². The Labute approximate surface area is 146 Å². The van der Waals surface area contributed by atoms with E-state index in [9.17, 15) is 4.79 Å². The Morgan fingerprint density at radius 1 is 1.24 bits per heavy atom. The van der Waals surface area contributed by atoms with Crippen LogP contribution in [0.2, 0.25) is 0 Å². The molecule has 8 nitrogen and oxygen atoms in total. The number of fused-ring (bicyclic) bond motifs is 1. The van der Waals surface area contributed by atoms with Crippen molar-refractivity contribution in [1.29, 1.82) is 0 Å². The molecule has 0 N–H and O–H groups in total. The zero-order chi connectivity index (χ0) is 17.4. The SMILES string of the molecule is Cc1cc(C)n2nc(CC(=O)N3CCCCC3C3OCCO3)nc2n1. The molecule has 2 fully saturated rings. The molecule has 25 heavy (non-hydrogen) atoms. The molecule has 2 saturated heterocycles. The number of hydrogen-bond donors (Lipinski definition) is 0. The average molecular weight is 345 g/mol. The number of nitrogens with zero attached hydrogens (tertiary/aromatic N) is 5. The van der Waals surface area contributed by atoms with E-state index >= 15 is 0 Å². The fourth-order valence-corrected chi connectivity index (χ4v) is 3.67. The second-order valence-corrected chi connectivity index (χ2v) is 6.72. The van der Waals surface area contributed by atoms with Crippen LogP contribution in [0, 0.1) is 13.8 Å². The lowest BCUT2D eigenvalue weighted by atomic mass is 10.0. The Morgan fingerprint density at radius 2 is 2.04 bits per heavy atom. The molecular weight excluding hydrogens is 322 g/mol. The summed E-state index contributed by atoms with van der Waals surface area (Å²) in [6.07, 6.45) is 2.88. The fraction of sp³-hybridized carbons (Fsp3) is 0.647. The van der Waals surface area contributed by atoms with Gasteiger partial charge in [0, 0.05) is 17.9 Å². The number of aromatic nitrogens is 4. The van der Waals surface area contributed by atoms with Crippen molar-refractivity contribution in [1.82, 2.24) is 24.5 Å². The van der Waals surface area contributed by atoms with E-state index in [1.54, 1.807) is 4.52 Å². The molecule has 2 aliphatic rings. The van der Waals surface area contributed by atoms with Crippen LogP contribution in [0.4, 0.5) is 0 Å². The lowest BCUT2D eigenvalue weighted by molar-refractivity contribution is -0.150. The second kappa shape index (κ2) is 6.68. The van der Waals surface area contributed by atoms with Crippen LogP contribution in [0.5, 0.6) is 0 Å². The maximum atomic E-state index is 12.9. The van der Waals surface area contributed by atoms with Gasteiger partial charge < -0.3 is 14.4 Å². The predicted molar refractivity (Wildman–Crippen MR) is 89.0 cm³/mol. The molecule has 2 aromatic heterocycles. The Kier molecular flexibility index (Phi) is 4.39.